The maximum atomic E-state index is 13.8. The molecule has 0 aliphatic carbocycles. The predicted octanol–water partition coefficient (Wildman–Crippen LogP) is 3.96. The first kappa shape index (κ1) is 14.2. The van der Waals surface area contributed by atoms with Crippen molar-refractivity contribution in [3.05, 3.63) is 69.9 Å². The summed E-state index contributed by atoms with van der Waals surface area (Å²) in [6.07, 6.45) is 1.57. The molecule has 0 aliphatic rings. The van der Waals surface area contributed by atoms with E-state index in [4.69, 9.17) is 0 Å². The van der Waals surface area contributed by atoms with Gasteiger partial charge in [0.25, 0.3) is 0 Å². The van der Waals surface area contributed by atoms with Gasteiger partial charge in [-0.05, 0) is 49.2 Å². The Morgan fingerprint density at radius 1 is 1.11 bits per heavy atom. The molecular weight excluding hydrogens is 305 g/mol. The van der Waals surface area contributed by atoms with Gasteiger partial charge in [0, 0.05) is 10.5 Å². The van der Waals surface area contributed by atoms with Gasteiger partial charge >= 0.3 is 0 Å². The zero-order valence-corrected chi connectivity index (χ0v) is 12.5. The molecule has 0 spiro atoms. The molecule has 0 bridgehead atoms. The Bertz CT molecular complexity index is 528. The molecule has 0 saturated heterocycles. The number of benzene rings is 2. The average molecular weight is 322 g/mol. The second kappa shape index (κ2) is 6.83. The summed E-state index contributed by atoms with van der Waals surface area (Å²) < 4.78 is 14.7. The van der Waals surface area contributed by atoms with E-state index in [0.717, 1.165) is 16.5 Å². The van der Waals surface area contributed by atoms with Crippen molar-refractivity contribution < 1.29 is 4.39 Å². The fraction of sp³-hybridized carbons (Fsp3) is 0.250. The van der Waals surface area contributed by atoms with Gasteiger partial charge in [0.1, 0.15) is 5.82 Å². The van der Waals surface area contributed by atoms with Crippen LogP contribution in [0, 0.1) is 5.82 Å². The molecule has 3 heteroatoms. The van der Waals surface area contributed by atoms with Crippen molar-refractivity contribution in [1.82, 2.24) is 5.32 Å². The third-order valence-corrected chi connectivity index (χ3v) is 3.70. The van der Waals surface area contributed by atoms with Crippen molar-refractivity contribution in [2.75, 3.05) is 7.05 Å². The minimum absolute atomic E-state index is 0.142. The lowest BCUT2D eigenvalue weighted by Crippen LogP contribution is -2.30. The van der Waals surface area contributed by atoms with Crippen LogP contribution in [0.4, 0.5) is 4.39 Å². The number of halogens is 2. The Labute approximate surface area is 122 Å². The number of likely N-dealkylation sites (N-methyl/N-ethyl adjacent to an activating group) is 1. The number of hydrogen-bond donors (Lipinski definition) is 1. The standard InChI is InChI=1S/C16H17BrFN/c1-19-15(9-12-5-3-2-4-6-12)11-13-10-14(17)7-8-16(13)18/h2-8,10,15,19H,9,11H2,1H3. The maximum absolute atomic E-state index is 13.8. The van der Waals surface area contributed by atoms with Gasteiger partial charge in [-0.3, -0.25) is 0 Å². The first-order chi connectivity index (χ1) is 9.19. The van der Waals surface area contributed by atoms with E-state index >= 15 is 0 Å². The highest BCUT2D eigenvalue weighted by Gasteiger charge is 2.11. The monoisotopic (exact) mass is 321 g/mol. The molecule has 100 valence electrons. The van der Waals surface area contributed by atoms with Crippen LogP contribution in [0.3, 0.4) is 0 Å². The Kier molecular flexibility index (Phi) is 5.11. The smallest absolute Gasteiger partial charge is 0.126 e. The van der Waals surface area contributed by atoms with Crippen LogP contribution in [-0.4, -0.2) is 13.1 Å². The molecule has 0 aliphatic heterocycles. The molecule has 2 aromatic rings. The van der Waals surface area contributed by atoms with E-state index < -0.39 is 0 Å². The molecule has 2 aromatic carbocycles. The molecule has 1 N–H and O–H groups in total. The van der Waals surface area contributed by atoms with Gasteiger partial charge in [-0.2, -0.15) is 0 Å². The fourth-order valence-electron chi connectivity index (χ4n) is 2.14. The first-order valence-electron chi connectivity index (χ1n) is 6.34. The normalized spacial score (nSPS) is 12.4. The van der Waals surface area contributed by atoms with Gasteiger partial charge in [-0.15, -0.1) is 0 Å². The van der Waals surface area contributed by atoms with Crippen LogP contribution in [0.15, 0.2) is 53.0 Å². The second-order valence-corrected chi connectivity index (χ2v) is 5.53. The summed E-state index contributed by atoms with van der Waals surface area (Å²) in [6.45, 7) is 0. The SMILES string of the molecule is CNC(Cc1ccccc1)Cc1cc(Br)ccc1F. The first-order valence-corrected chi connectivity index (χ1v) is 7.13. The molecule has 19 heavy (non-hydrogen) atoms. The highest BCUT2D eigenvalue weighted by atomic mass is 79.9. The van der Waals surface area contributed by atoms with E-state index in [1.54, 1.807) is 6.07 Å². The average Bonchev–Trinajstić information content (AvgIpc) is 2.43. The van der Waals surface area contributed by atoms with Crippen LogP contribution in [-0.2, 0) is 12.8 Å². The molecule has 0 fully saturated rings. The van der Waals surface area contributed by atoms with Crippen LogP contribution in [0.2, 0.25) is 0 Å². The minimum atomic E-state index is -0.142. The molecule has 0 saturated carbocycles. The van der Waals surface area contributed by atoms with Crippen LogP contribution < -0.4 is 5.32 Å². The molecule has 2 rings (SSSR count). The second-order valence-electron chi connectivity index (χ2n) is 4.62. The summed E-state index contributed by atoms with van der Waals surface area (Å²) in [5.74, 6) is -0.142. The predicted molar refractivity (Wildman–Crippen MR) is 80.8 cm³/mol. The van der Waals surface area contributed by atoms with Crippen LogP contribution in [0.5, 0.6) is 0 Å². The zero-order chi connectivity index (χ0) is 13.7. The molecule has 1 nitrogen and oxygen atoms in total. The topological polar surface area (TPSA) is 12.0 Å². The van der Waals surface area contributed by atoms with Gasteiger partial charge < -0.3 is 5.32 Å². The highest BCUT2D eigenvalue weighted by Crippen LogP contribution is 2.18. The van der Waals surface area contributed by atoms with Crippen molar-refractivity contribution in [3.63, 3.8) is 0 Å². The largest absolute Gasteiger partial charge is 0.316 e. The van der Waals surface area contributed by atoms with E-state index in [0.29, 0.717) is 6.42 Å². The quantitative estimate of drug-likeness (QED) is 0.878. The van der Waals surface area contributed by atoms with Gasteiger partial charge in [-0.25, -0.2) is 4.39 Å². The third kappa shape index (κ3) is 4.15. The fourth-order valence-corrected chi connectivity index (χ4v) is 2.55. The minimum Gasteiger partial charge on any atom is -0.316 e. The van der Waals surface area contributed by atoms with Gasteiger partial charge in [0.05, 0.1) is 0 Å². The van der Waals surface area contributed by atoms with Crippen LogP contribution in [0.25, 0.3) is 0 Å². The van der Waals surface area contributed by atoms with Crippen molar-refractivity contribution >= 4 is 15.9 Å². The summed E-state index contributed by atoms with van der Waals surface area (Å²) in [5.41, 5.74) is 2.00. The molecular formula is C16H17BrFN. The Hall–Kier alpha value is -1.19. The molecule has 0 aromatic heterocycles. The van der Waals surface area contributed by atoms with Crippen LogP contribution >= 0.6 is 15.9 Å². The summed E-state index contributed by atoms with van der Waals surface area (Å²) in [7, 11) is 1.92. The van der Waals surface area contributed by atoms with Crippen molar-refractivity contribution in [2.24, 2.45) is 0 Å². The van der Waals surface area contributed by atoms with Gasteiger partial charge in [0.2, 0.25) is 0 Å². The molecule has 0 radical (unpaired) electrons. The van der Waals surface area contributed by atoms with E-state index in [1.165, 1.54) is 11.6 Å². The van der Waals surface area contributed by atoms with Gasteiger partial charge in [-0.1, -0.05) is 46.3 Å². The molecule has 1 unspecified atom stereocenters. The number of hydrogen-bond acceptors (Lipinski definition) is 1. The number of rotatable bonds is 5. The summed E-state index contributed by atoms with van der Waals surface area (Å²) in [5, 5.41) is 3.26. The summed E-state index contributed by atoms with van der Waals surface area (Å²) >= 11 is 3.39. The van der Waals surface area contributed by atoms with Crippen molar-refractivity contribution in [1.29, 1.82) is 0 Å². The number of nitrogens with one attached hydrogen (secondary N) is 1. The molecule has 0 amide bonds. The van der Waals surface area contributed by atoms with E-state index in [2.05, 4.69) is 33.4 Å². The lowest BCUT2D eigenvalue weighted by atomic mass is 9.99. The summed E-state index contributed by atoms with van der Waals surface area (Å²) in [6, 6.07) is 15.6. The summed E-state index contributed by atoms with van der Waals surface area (Å²) in [4.78, 5) is 0. The Morgan fingerprint density at radius 2 is 1.84 bits per heavy atom. The Balaban J connectivity index is 2.09. The molecule has 0 heterocycles. The third-order valence-electron chi connectivity index (χ3n) is 3.21. The van der Waals surface area contributed by atoms with E-state index in [-0.39, 0.29) is 11.9 Å². The Morgan fingerprint density at radius 3 is 2.53 bits per heavy atom. The molecule has 1 atom stereocenters. The van der Waals surface area contributed by atoms with Crippen molar-refractivity contribution in [2.45, 2.75) is 18.9 Å². The maximum Gasteiger partial charge on any atom is 0.126 e. The van der Waals surface area contributed by atoms with Crippen LogP contribution in [0.1, 0.15) is 11.1 Å². The van der Waals surface area contributed by atoms with Gasteiger partial charge in [0.15, 0.2) is 0 Å². The van der Waals surface area contributed by atoms with E-state index in [1.807, 2.05) is 31.3 Å². The van der Waals surface area contributed by atoms with Crippen molar-refractivity contribution in [3.8, 4) is 0 Å². The lowest BCUT2D eigenvalue weighted by molar-refractivity contribution is 0.532. The highest BCUT2D eigenvalue weighted by molar-refractivity contribution is 9.10. The lowest BCUT2D eigenvalue weighted by Gasteiger charge is -2.17. The zero-order valence-electron chi connectivity index (χ0n) is 10.9. The van der Waals surface area contributed by atoms with E-state index in [9.17, 15) is 4.39 Å².